The fourth-order valence-electron chi connectivity index (χ4n) is 1.59. The van der Waals surface area contributed by atoms with Crippen molar-refractivity contribution in [3.05, 3.63) is 27.5 Å². The molecule has 16 heavy (non-hydrogen) atoms. The van der Waals surface area contributed by atoms with Crippen LogP contribution in [0, 0.1) is 27.2 Å². The van der Waals surface area contributed by atoms with Crippen LogP contribution in [0.5, 0.6) is 0 Å². The van der Waals surface area contributed by atoms with E-state index in [9.17, 15) is 9.59 Å². The van der Waals surface area contributed by atoms with Gasteiger partial charge in [0.25, 0.3) is 0 Å². The van der Waals surface area contributed by atoms with Crippen molar-refractivity contribution in [3.8, 4) is 0 Å². The summed E-state index contributed by atoms with van der Waals surface area (Å²) in [4.78, 5) is 30.1. The number of cyclic esters (lactones) is 2. The zero-order valence-electron chi connectivity index (χ0n) is 7.92. The molecule has 0 amide bonds. The Morgan fingerprint density at radius 3 is 1.75 bits per heavy atom. The molecule has 7 nitrogen and oxygen atoms in total. The number of rotatable bonds is 0. The van der Waals surface area contributed by atoms with Crippen molar-refractivity contribution in [2.45, 2.75) is 12.8 Å². The van der Waals surface area contributed by atoms with Gasteiger partial charge >= 0.3 is 34.3 Å². The Hall–Kier alpha value is -1.18. The van der Waals surface area contributed by atoms with Crippen LogP contribution in [-0.4, -0.2) is 17.0 Å². The van der Waals surface area contributed by atoms with E-state index in [0.29, 0.717) is 12.8 Å². The van der Waals surface area contributed by atoms with Crippen LogP contribution in [0.25, 0.3) is 0 Å². The largest absolute Gasteiger partial charge is 1.00 e. The molecular weight excluding hydrogens is 314 g/mol. The molecule has 1 fully saturated rings. The van der Waals surface area contributed by atoms with Crippen LogP contribution in [0.15, 0.2) is 12.2 Å². The summed E-state index contributed by atoms with van der Waals surface area (Å²) in [6, 6.07) is 0. The third-order valence-electron chi connectivity index (χ3n) is 2.24. The topological polar surface area (TPSA) is 110 Å². The van der Waals surface area contributed by atoms with E-state index in [4.69, 9.17) is 15.3 Å². The smallest absolute Gasteiger partial charge is 0.393 e. The first kappa shape index (κ1) is 14.8. The van der Waals surface area contributed by atoms with E-state index in [2.05, 4.69) is 4.74 Å². The SMILES string of the molecule is O=C1OC(=O)C2CC=CCC12.O=[N+]([O-])[O-].[Ag+]. The minimum Gasteiger partial charge on any atom is -0.393 e. The van der Waals surface area contributed by atoms with E-state index in [1.54, 1.807) is 0 Å². The van der Waals surface area contributed by atoms with Crippen LogP contribution in [0.2, 0.25) is 0 Å². The van der Waals surface area contributed by atoms with Crippen LogP contribution in [0.3, 0.4) is 0 Å². The monoisotopic (exact) mass is 321 g/mol. The minimum atomic E-state index is -1.75. The first-order chi connectivity index (χ1) is 7.02. The zero-order valence-corrected chi connectivity index (χ0v) is 9.40. The van der Waals surface area contributed by atoms with Gasteiger partial charge in [-0.25, -0.2) is 0 Å². The van der Waals surface area contributed by atoms with E-state index in [0.717, 1.165) is 0 Å². The van der Waals surface area contributed by atoms with Gasteiger partial charge in [0.05, 0.1) is 16.9 Å². The van der Waals surface area contributed by atoms with Gasteiger partial charge in [-0.15, -0.1) is 0 Å². The molecule has 0 spiro atoms. The third kappa shape index (κ3) is 3.76. The quantitative estimate of drug-likeness (QED) is 0.160. The normalized spacial score (nSPS) is 25.8. The average molecular weight is 322 g/mol. The summed E-state index contributed by atoms with van der Waals surface area (Å²) in [5.41, 5.74) is 0. The van der Waals surface area contributed by atoms with Crippen LogP contribution >= 0.6 is 0 Å². The maximum Gasteiger partial charge on any atom is 1.00 e. The number of fused-ring (bicyclic) bond motifs is 1. The first-order valence-electron chi connectivity index (χ1n) is 4.24. The number of esters is 2. The van der Waals surface area contributed by atoms with Crippen molar-refractivity contribution < 1.29 is 41.8 Å². The number of nitrogens with zero attached hydrogens (tertiary/aromatic N) is 1. The fraction of sp³-hybridized carbons (Fsp3) is 0.500. The van der Waals surface area contributed by atoms with Gasteiger partial charge in [0.15, 0.2) is 0 Å². The summed E-state index contributed by atoms with van der Waals surface area (Å²) in [5, 5.41) is 14.8. The van der Waals surface area contributed by atoms with Gasteiger partial charge < -0.3 is 20.1 Å². The Morgan fingerprint density at radius 1 is 1.12 bits per heavy atom. The van der Waals surface area contributed by atoms with Crippen molar-refractivity contribution in [1.82, 2.24) is 0 Å². The van der Waals surface area contributed by atoms with Crippen molar-refractivity contribution in [2.24, 2.45) is 11.8 Å². The second kappa shape index (κ2) is 6.41. The van der Waals surface area contributed by atoms with Crippen molar-refractivity contribution >= 4 is 11.9 Å². The molecule has 0 N–H and O–H groups in total. The Labute approximate surface area is 106 Å². The Bertz CT molecular complexity index is 300. The van der Waals surface area contributed by atoms with E-state index in [-0.39, 0.29) is 46.2 Å². The number of allylic oxidation sites excluding steroid dienone is 2. The number of hydrogen-bond acceptors (Lipinski definition) is 6. The number of ether oxygens (including phenoxy) is 1. The van der Waals surface area contributed by atoms with E-state index >= 15 is 0 Å². The van der Waals surface area contributed by atoms with E-state index in [1.807, 2.05) is 12.2 Å². The molecule has 2 rings (SSSR count). The van der Waals surface area contributed by atoms with Crippen LogP contribution in [0.1, 0.15) is 12.8 Å². The number of carbonyl (C=O) groups is 2. The first-order valence-corrected chi connectivity index (χ1v) is 4.24. The van der Waals surface area contributed by atoms with Gasteiger partial charge in [-0.2, -0.15) is 0 Å². The third-order valence-corrected chi connectivity index (χ3v) is 2.24. The second-order valence-electron chi connectivity index (χ2n) is 3.12. The van der Waals surface area contributed by atoms with Gasteiger partial charge in [0.1, 0.15) is 0 Å². The van der Waals surface area contributed by atoms with Gasteiger partial charge in [-0.3, -0.25) is 9.59 Å². The Morgan fingerprint density at radius 2 is 1.44 bits per heavy atom. The van der Waals surface area contributed by atoms with Gasteiger partial charge in [0.2, 0.25) is 0 Å². The summed E-state index contributed by atoms with van der Waals surface area (Å²) in [6.07, 6.45) is 5.19. The maximum atomic E-state index is 10.9. The predicted molar refractivity (Wildman–Crippen MR) is 46.8 cm³/mol. The van der Waals surface area contributed by atoms with E-state index in [1.165, 1.54) is 0 Å². The summed E-state index contributed by atoms with van der Waals surface area (Å²) in [6.45, 7) is 0. The summed E-state index contributed by atoms with van der Waals surface area (Å²) in [5.74, 6) is -1.06. The molecule has 1 aliphatic heterocycles. The van der Waals surface area contributed by atoms with Crippen molar-refractivity contribution in [3.63, 3.8) is 0 Å². The molecule has 1 aliphatic carbocycles. The van der Waals surface area contributed by atoms with Crippen LogP contribution in [-0.2, 0) is 36.7 Å². The molecule has 1 heterocycles. The van der Waals surface area contributed by atoms with Crippen molar-refractivity contribution in [1.29, 1.82) is 0 Å². The number of carbonyl (C=O) groups excluding carboxylic acids is 2. The summed E-state index contributed by atoms with van der Waals surface area (Å²) < 4.78 is 4.49. The maximum absolute atomic E-state index is 10.9. The Kier molecular flexibility index (Phi) is 5.94. The molecule has 0 aromatic heterocycles. The van der Waals surface area contributed by atoms with E-state index < -0.39 is 5.09 Å². The average Bonchev–Trinajstić information content (AvgIpc) is 2.43. The zero-order chi connectivity index (χ0) is 11.4. The fourth-order valence-corrected chi connectivity index (χ4v) is 1.59. The van der Waals surface area contributed by atoms with Gasteiger partial charge in [-0.05, 0) is 12.8 Å². The molecule has 8 heteroatoms. The van der Waals surface area contributed by atoms with Crippen molar-refractivity contribution in [2.75, 3.05) is 0 Å². The van der Waals surface area contributed by atoms with Gasteiger partial charge in [-0.1, -0.05) is 12.2 Å². The molecule has 0 saturated carbocycles. The molecule has 2 unspecified atom stereocenters. The van der Waals surface area contributed by atoms with Gasteiger partial charge in [0, 0.05) is 0 Å². The standard InChI is InChI=1S/C8H8O3.Ag.NO3/c9-7-5-3-1-2-4-6(5)8(10)11-7;;2-1(3)4/h1-2,5-6H,3-4H2;;/q;+1;-1. The van der Waals surface area contributed by atoms with Crippen LogP contribution in [0.4, 0.5) is 0 Å². The molecule has 1 saturated heterocycles. The molecule has 0 radical (unpaired) electrons. The molecule has 0 aromatic rings. The molecule has 92 valence electrons. The summed E-state index contributed by atoms with van der Waals surface area (Å²) >= 11 is 0. The molecule has 2 aliphatic rings. The van der Waals surface area contributed by atoms with Crippen LogP contribution < -0.4 is 0 Å². The molecular formula is C8H8AgNO6. The number of hydrogen-bond donors (Lipinski definition) is 0. The summed E-state index contributed by atoms with van der Waals surface area (Å²) in [7, 11) is 0. The minimum absolute atomic E-state index is 0. The molecule has 0 aromatic carbocycles. The molecule has 0 bridgehead atoms. The Balaban J connectivity index is 0.000000397. The molecule has 2 atom stereocenters. The second-order valence-corrected chi connectivity index (χ2v) is 3.12. The predicted octanol–water partition coefficient (Wildman–Crippen LogP) is 0.411.